The topological polar surface area (TPSA) is 191 Å². The molecule has 0 radical (unpaired) electrons. The number of halogens is 4. The first-order chi connectivity index (χ1) is 47.0. The van der Waals surface area contributed by atoms with E-state index in [4.69, 9.17) is 90.7 Å². The molecular weight excluding hydrogens is 1290 g/mol. The molecule has 96 heavy (non-hydrogen) atoms. The summed E-state index contributed by atoms with van der Waals surface area (Å²) >= 11 is 26.1. The van der Waals surface area contributed by atoms with Crippen molar-refractivity contribution in [3.05, 3.63) is 212 Å². The summed E-state index contributed by atoms with van der Waals surface area (Å²) in [6.45, 7) is 6.04. The van der Waals surface area contributed by atoms with E-state index in [1.54, 1.807) is 17.0 Å². The van der Waals surface area contributed by atoms with Crippen LogP contribution in [0.5, 0.6) is 0 Å². The van der Waals surface area contributed by atoms with E-state index < -0.39 is 12.2 Å². The van der Waals surface area contributed by atoms with Crippen LogP contribution in [0, 0.1) is 23.7 Å². The molecule has 6 aliphatic rings. The molecule has 6 fully saturated rings. The smallest absolute Gasteiger partial charge is 0.407 e. The molecule has 10 aromatic rings. The van der Waals surface area contributed by atoms with Gasteiger partial charge in [0.2, 0.25) is 0 Å². The number of nitrogens with one attached hydrogen (secondary N) is 1. The maximum atomic E-state index is 12.8. The van der Waals surface area contributed by atoms with Crippen LogP contribution in [0.2, 0.25) is 20.1 Å². The second-order valence-electron chi connectivity index (χ2n) is 26.0. The molecule has 2 saturated carbocycles. The standard InChI is InChI=1S/2C37H36Cl2N6O3/c38-29-15-9-14-26(32(29)39)33-34-35(45(43-33)31-16-7-8-19-47-31)42-30(20-40-34)44-18-17-27-28(21-44)37(27,25-12-5-2-6-13-25)23-41-36(46)48-22-24-10-3-1-4-11-24;38-29-15-9-14-26(32(29)39)33-34-35(45(42-33)31-16-7-8-19-48-31)41-30(20-40-34)43-18-17-27-28(22-43)37(27,25-12-5-2-6-13-25)23-44(36(46)47)21-24-10-3-1-4-11-24/h1-6,9-15,20,27-28,31H,7-8,16-19,21-23H2,(H,41,46);1-6,9-15,20,27-28,31H,7-8,16-19,21-23H2,(H,46,47). The molecule has 8 atom stereocenters. The van der Waals surface area contributed by atoms with E-state index in [2.05, 4.69) is 63.6 Å². The van der Waals surface area contributed by atoms with E-state index in [0.29, 0.717) is 116 Å². The summed E-state index contributed by atoms with van der Waals surface area (Å²) in [4.78, 5) is 51.9. The van der Waals surface area contributed by atoms with Gasteiger partial charge in [-0.1, -0.05) is 192 Å². The average molecular weight is 1370 g/mol. The predicted octanol–water partition coefficient (Wildman–Crippen LogP) is 15.9. The largest absolute Gasteiger partial charge is 0.465 e. The van der Waals surface area contributed by atoms with Gasteiger partial charge in [0.05, 0.1) is 32.5 Å². The number of fused-ring (bicyclic) bond motifs is 4. The molecule has 2 N–H and O–H groups in total. The maximum Gasteiger partial charge on any atom is 0.407 e. The first-order valence-corrected chi connectivity index (χ1v) is 34.7. The van der Waals surface area contributed by atoms with Crippen molar-refractivity contribution in [2.45, 2.75) is 87.8 Å². The molecule has 0 spiro atoms. The van der Waals surface area contributed by atoms with Gasteiger partial charge in [-0.2, -0.15) is 10.2 Å². The summed E-state index contributed by atoms with van der Waals surface area (Å²) in [5.41, 5.74) is 9.21. The second kappa shape index (κ2) is 27.3. The molecule has 0 bridgehead atoms. The van der Waals surface area contributed by atoms with E-state index >= 15 is 0 Å². The van der Waals surface area contributed by atoms with Gasteiger partial charge < -0.3 is 39.3 Å². The van der Waals surface area contributed by atoms with Gasteiger partial charge in [-0.25, -0.2) is 38.9 Å². The lowest BCUT2D eigenvalue weighted by Crippen LogP contribution is -2.38. The summed E-state index contributed by atoms with van der Waals surface area (Å²) in [5.74, 6) is 2.95. The Kier molecular flexibility index (Phi) is 18.1. The van der Waals surface area contributed by atoms with Crippen LogP contribution in [-0.4, -0.2) is 114 Å². The Bertz CT molecular complexity index is 4450. The third-order valence-electron chi connectivity index (χ3n) is 20.7. The number of hydrogen-bond donors (Lipinski definition) is 2. The Morgan fingerprint density at radius 2 is 1.03 bits per heavy atom. The Balaban J connectivity index is 0.000000158. The fourth-order valence-electron chi connectivity index (χ4n) is 15.8. The van der Waals surface area contributed by atoms with Crippen molar-refractivity contribution in [3.63, 3.8) is 0 Å². The number of carbonyl (C=O) groups excluding carboxylic acids is 1. The molecule has 4 aliphatic heterocycles. The number of amides is 2. The summed E-state index contributed by atoms with van der Waals surface area (Å²) in [6, 6.07) is 51.6. The van der Waals surface area contributed by atoms with Crippen LogP contribution < -0.4 is 15.1 Å². The molecule has 492 valence electrons. The fourth-order valence-corrected chi connectivity index (χ4v) is 16.6. The molecule has 8 heterocycles. The van der Waals surface area contributed by atoms with Gasteiger partial charge in [0.25, 0.3) is 0 Å². The predicted molar refractivity (Wildman–Crippen MR) is 373 cm³/mol. The van der Waals surface area contributed by atoms with Crippen LogP contribution in [0.3, 0.4) is 0 Å². The number of anilines is 2. The minimum absolute atomic E-state index is 0.187. The van der Waals surface area contributed by atoms with Crippen molar-refractivity contribution >= 4 is 92.6 Å². The number of hydrogen-bond acceptors (Lipinski definition) is 13. The van der Waals surface area contributed by atoms with Gasteiger partial charge in [-0.15, -0.1) is 0 Å². The summed E-state index contributed by atoms with van der Waals surface area (Å²) in [5, 5.41) is 25.2. The van der Waals surface area contributed by atoms with Gasteiger partial charge in [-0.05, 0) is 109 Å². The number of alkyl carbamates (subject to hydrolysis) is 1. The SMILES string of the molecule is O=C(NCC1(c2ccccc2)C2CCN(c3cnc4c(-c5cccc(Cl)c5Cl)nn(C5CCCCO5)c4n3)CC21)OCc1ccccc1.O=C(O)N(Cc1ccccc1)CC1(c2ccccc2)C2CCN(c3cnc4c(-c5cccc(Cl)c5Cl)nn(C5CCCCO5)c4n3)CC21. The molecule has 18 nitrogen and oxygen atoms in total. The van der Waals surface area contributed by atoms with Crippen LogP contribution in [0.1, 0.15) is 86.1 Å². The van der Waals surface area contributed by atoms with Crippen LogP contribution in [0.15, 0.2) is 170 Å². The molecule has 16 rings (SSSR count). The first kappa shape index (κ1) is 63.7. The number of carboxylic acid groups (broad SMARTS) is 1. The van der Waals surface area contributed by atoms with Crippen molar-refractivity contribution in [2.75, 3.05) is 62.3 Å². The van der Waals surface area contributed by atoms with E-state index in [0.717, 1.165) is 100 Å². The zero-order valence-electron chi connectivity index (χ0n) is 52.8. The molecule has 2 amide bonds. The lowest BCUT2D eigenvalue weighted by molar-refractivity contribution is -0.0369. The number of nitrogens with zero attached hydrogens (tertiary/aromatic N) is 11. The minimum Gasteiger partial charge on any atom is -0.465 e. The Morgan fingerprint density at radius 3 is 1.52 bits per heavy atom. The monoisotopic (exact) mass is 1360 g/mol. The van der Waals surface area contributed by atoms with E-state index in [9.17, 15) is 14.7 Å². The van der Waals surface area contributed by atoms with Crippen molar-refractivity contribution in [1.82, 2.24) is 49.7 Å². The highest BCUT2D eigenvalue weighted by Crippen LogP contribution is 2.65. The Morgan fingerprint density at radius 1 is 0.562 bits per heavy atom. The van der Waals surface area contributed by atoms with Crippen molar-refractivity contribution in [2.24, 2.45) is 23.7 Å². The van der Waals surface area contributed by atoms with E-state index in [-0.39, 0.29) is 35.8 Å². The van der Waals surface area contributed by atoms with Gasteiger partial charge in [0, 0.05) is 81.0 Å². The quantitative estimate of drug-likeness (QED) is 0.0928. The number of benzene rings is 6. The number of ether oxygens (including phenoxy) is 3. The van der Waals surface area contributed by atoms with Crippen molar-refractivity contribution in [1.29, 1.82) is 0 Å². The molecule has 4 aromatic heterocycles. The van der Waals surface area contributed by atoms with Crippen LogP contribution >= 0.6 is 46.4 Å². The molecule has 6 aromatic carbocycles. The van der Waals surface area contributed by atoms with Crippen molar-refractivity contribution < 1.29 is 28.9 Å². The number of rotatable bonds is 16. The van der Waals surface area contributed by atoms with Crippen LogP contribution in [0.25, 0.3) is 44.8 Å². The van der Waals surface area contributed by atoms with Crippen LogP contribution in [0.4, 0.5) is 21.2 Å². The molecule has 2 aliphatic carbocycles. The second-order valence-corrected chi connectivity index (χ2v) is 27.6. The van der Waals surface area contributed by atoms with E-state index in [1.807, 2.05) is 119 Å². The van der Waals surface area contributed by atoms with Gasteiger partial charge in [0.15, 0.2) is 23.8 Å². The fraction of sp³-hybridized carbons (Fsp3) is 0.351. The average Bonchev–Trinajstić information content (AvgIpc) is 1.53. The summed E-state index contributed by atoms with van der Waals surface area (Å²) in [7, 11) is 0. The van der Waals surface area contributed by atoms with Gasteiger partial charge in [0.1, 0.15) is 40.7 Å². The lowest BCUT2D eigenvalue weighted by Gasteiger charge is -2.28. The van der Waals surface area contributed by atoms with Crippen LogP contribution in [-0.2, 0) is 38.2 Å². The van der Waals surface area contributed by atoms with Gasteiger partial charge in [-0.3, -0.25) is 0 Å². The highest BCUT2D eigenvalue weighted by atomic mass is 35.5. The lowest BCUT2D eigenvalue weighted by atomic mass is 9.90. The summed E-state index contributed by atoms with van der Waals surface area (Å²) < 4.78 is 21.6. The number of piperidine rings is 2. The molecule has 22 heteroatoms. The first-order valence-electron chi connectivity index (χ1n) is 33.2. The Labute approximate surface area is 576 Å². The molecule has 4 saturated heterocycles. The molecule has 8 unspecified atom stereocenters. The zero-order valence-corrected chi connectivity index (χ0v) is 55.8. The minimum atomic E-state index is -0.903. The number of aromatic nitrogens is 8. The maximum absolute atomic E-state index is 12.8. The third kappa shape index (κ3) is 12.3. The summed E-state index contributed by atoms with van der Waals surface area (Å²) in [6.07, 6.45) is 9.59. The molecular formula is C74H72Cl4N12O6. The third-order valence-corrected chi connectivity index (χ3v) is 22.3. The van der Waals surface area contributed by atoms with Gasteiger partial charge >= 0.3 is 12.2 Å². The van der Waals surface area contributed by atoms with Crippen molar-refractivity contribution in [3.8, 4) is 22.5 Å². The normalized spacial score (nSPS) is 23.5. The van der Waals surface area contributed by atoms with E-state index in [1.165, 1.54) is 11.1 Å². The Hall–Kier alpha value is -8.36. The highest BCUT2D eigenvalue weighted by molar-refractivity contribution is 6.44. The number of carbonyl (C=O) groups is 2. The zero-order chi connectivity index (χ0) is 65.5. The highest BCUT2D eigenvalue weighted by Gasteiger charge is 2.68.